The van der Waals surface area contributed by atoms with E-state index in [1.54, 1.807) is 0 Å². The normalized spacial score (nSPS) is 18.3. The second kappa shape index (κ2) is 5.22. The maximum Gasteiger partial charge on any atom is 0.201 e. The second-order valence-corrected chi connectivity index (χ2v) is 6.21. The maximum atomic E-state index is 6.22. The highest BCUT2D eigenvalue weighted by molar-refractivity contribution is 5.84. The van der Waals surface area contributed by atoms with E-state index in [4.69, 9.17) is 15.2 Å². The molecule has 5 nitrogen and oxygen atoms in total. The molecular formula is C16H23N3O2. The lowest BCUT2D eigenvalue weighted by Gasteiger charge is -2.36. The van der Waals surface area contributed by atoms with E-state index in [2.05, 4.69) is 22.5 Å². The second-order valence-electron chi connectivity index (χ2n) is 6.21. The molecule has 0 atom stereocenters. The molecule has 114 valence electrons. The summed E-state index contributed by atoms with van der Waals surface area (Å²) < 4.78 is 13.5. The van der Waals surface area contributed by atoms with Crippen LogP contribution in [-0.4, -0.2) is 28.9 Å². The van der Waals surface area contributed by atoms with Crippen LogP contribution in [0.1, 0.15) is 33.6 Å². The third kappa shape index (κ3) is 2.46. The van der Waals surface area contributed by atoms with E-state index in [-0.39, 0.29) is 11.6 Å². The highest BCUT2D eigenvalue weighted by Gasteiger charge is 2.33. The van der Waals surface area contributed by atoms with Crippen molar-refractivity contribution in [2.24, 2.45) is 0 Å². The minimum absolute atomic E-state index is 0.0481. The maximum absolute atomic E-state index is 6.22. The molecule has 0 spiro atoms. The number of anilines is 1. The summed E-state index contributed by atoms with van der Waals surface area (Å²) in [6, 6.07) is 6.01. The number of imidazole rings is 1. The number of rotatable bonds is 3. The Bertz CT molecular complexity index is 642. The average Bonchev–Trinajstić information content (AvgIpc) is 2.77. The number of nitrogen functional groups attached to an aromatic ring is 1. The van der Waals surface area contributed by atoms with E-state index in [1.165, 1.54) is 0 Å². The predicted octanol–water partition coefficient (Wildman–Crippen LogP) is 2.93. The van der Waals surface area contributed by atoms with Gasteiger partial charge in [-0.15, -0.1) is 0 Å². The fraction of sp³-hybridized carbons (Fsp3) is 0.562. The third-order valence-corrected chi connectivity index (χ3v) is 4.15. The molecule has 1 aromatic carbocycles. The van der Waals surface area contributed by atoms with Crippen LogP contribution in [-0.2, 0) is 10.3 Å². The summed E-state index contributed by atoms with van der Waals surface area (Å²) in [6.45, 7) is 7.77. The first-order chi connectivity index (χ1) is 10.0. The zero-order valence-corrected chi connectivity index (χ0v) is 12.9. The van der Waals surface area contributed by atoms with Crippen molar-refractivity contribution in [3.63, 3.8) is 0 Å². The molecule has 2 aromatic rings. The van der Waals surface area contributed by atoms with Crippen LogP contribution in [0.5, 0.6) is 5.75 Å². The van der Waals surface area contributed by atoms with Gasteiger partial charge in [-0.05, 0) is 45.7 Å². The predicted molar refractivity (Wildman–Crippen MR) is 83.6 cm³/mol. The molecule has 0 unspecified atom stereocenters. The van der Waals surface area contributed by atoms with Gasteiger partial charge >= 0.3 is 0 Å². The number of nitrogens with two attached hydrogens (primary N) is 1. The first-order valence-electron chi connectivity index (χ1n) is 7.53. The van der Waals surface area contributed by atoms with Crippen LogP contribution in [0.3, 0.4) is 0 Å². The molecule has 3 rings (SSSR count). The molecule has 21 heavy (non-hydrogen) atoms. The average molecular weight is 289 g/mol. The molecule has 1 saturated heterocycles. The molecule has 1 aliphatic heterocycles. The van der Waals surface area contributed by atoms with Gasteiger partial charge in [0.15, 0.2) is 0 Å². The lowest BCUT2D eigenvalue weighted by atomic mass is 9.92. The Morgan fingerprint density at radius 1 is 1.33 bits per heavy atom. The fourth-order valence-corrected chi connectivity index (χ4v) is 3.04. The van der Waals surface area contributed by atoms with E-state index in [1.807, 2.05) is 26.0 Å². The van der Waals surface area contributed by atoms with Crippen LogP contribution >= 0.6 is 0 Å². The first kappa shape index (κ1) is 14.2. The lowest BCUT2D eigenvalue weighted by Crippen LogP contribution is -2.37. The van der Waals surface area contributed by atoms with Gasteiger partial charge in [0.25, 0.3) is 0 Å². The van der Waals surface area contributed by atoms with Gasteiger partial charge in [0.1, 0.15) is 11.3 Å². The summed E-state index contributed by atoms with van der Waals surface area (Å²) in [7, 11) is 0. The van der Waals surface area contributed by atoms with E-state index < -0.39 is 0 Å². The minimum atomic E-state index is -0.0481. The summed E-state index contributed by atoms with van der Waals surface area (Å²) >= 11 is 0. The standard InChI is InChI=1S/C16H23N3O2/c1-11(2)21-13-6-4-5-12-14(13)18-15(17)19(12)16(3)7-9-20-10-8-16/h4-6,11H,7-10H2,1-3H3,(H2,17,18). The van der Waals surface area contributed by atoms with Gasteiger partial charge < -0.3 is 19.8 Å². The number of benzene rings is 1. The van der Waals surface area contributed by atoms with Crippen molar-refractivity contribution in [3.05, 3.63) is 18.2 Å². The summed E-state index contributed by atoms with van der Waals surface area (Å²) in [6.07, 6.45) is 2.00. The molecule has 5 heteroatoms. The van der Waals surface area contributed by atoms with Gasteiger partial charge in [0.2, 0.25) is 5.95 Å². The Hall–Kier alpha value is -1.75. The van der Waals surface area contributed by atoms with E-state index in [9.17, 15) is 0 Å². The summed E-state index contributed by atoms with van der Waals surface area (Å²) in [5, 5.41) is 0. The highest BCUT2D eigenvalue weighted by Crippen LogP contribution is 2.37. The van der Waals surface area contributed by atoms with Crippen molar-refractivity contribution in [1.29, 1.82) is 0 Å². The molecule has 1 aromatic heterocycles. The zero-order valence-electron chi connectivity index (χ0n) is 12.9. The van der Waals surface area contributed by atoms with E-state index in [0.29, 0.717) is 5.95 Å². The van der Waals surface area contributed by atoms with Crippen LogP contribution in [0.2, 0.25) is 0 Å². The lowest BCUT2D eigenvalue weighted by molar-refractivity contribution is 0.0320. The number of hydrogen-bond acceptors (Lipinski definition) is 4. The van der Waals surface area contributed by atoms with E-state index in [0.717, 1.165) is 42.8 Å². The molecule has 0 radical (unpaired) electrons. The molecule has 0 aliphatic carbocycles. The quantitative estimate of drug-likeness (QED) is 0.943. The van der Waals surface area contributed by atoms with Gasteiger partial charge in [0, 0.05) is 18.8 Å². The van der Waals surface area contributed by atoms with Crippen LogP contribution in [0.15, 0.2) is 18.2 Å². The van der Waals surface area contributed by atoms with Crippen molar-refractivity contribution in [2.45, 2.75) is 45.3 Å². The first-order valence-corrected chi connectivity index (χ1v) is 7.53. The van der Waals surface area contributed by atoms with E-state index >= 15 is 0 Å². The molecule has 0 amide bonds. The van der Waals surface area contributed by atoms with Crippen molar-refractivity contribution in [3.8, 4) is 5.75 Å². The number of hydrogen-bond donors (Lipinski definition) is 1. The number of ether oxygens (including phenoxy) is 2. The summed E-state index contributed by atoms with van der Waals surface area (Å²) in [4.78, 5) is 4.56. The number of fused-ring (bicyclic) bond motifs is 1. The van der Waals surface area contributed by atoms with Gasteiger partial charge in [-0.2, -0.15) is 0 Å². The Labute approximate surface area is 125 Å². The fourth-order valence-electron chi connectivity index (χ4n) is 3.04. The Kier molecular flexibility index (Phi) is 3.53. The zero-order chi connectivity index (χ0) is 15.0. The topological polar surface area (TPSA) is 62.3 Å². The molecule has 0 bridgehead atoms. The smallest absolute Gasteiger partial charge is 0.201 e. The van der Waals surface area contributed by atoms with Crippen molar-refractivity contribution >= 4 is 17.0 Å². The number of para-hydroxylation sites is 1. The highest BCUT2D eigenvalue weighted by atomic mass is 16.5. The van der Waals surface area contributed by atoms with Crippen molar-refractivity contribution in [1.82, 2.24) is 9.55 Å². The van der Waals surface area contributed by atoms with Gasteiger partial charge in [-0.1, -0.05) is 6.07 Å². The monoisotopic (exact) mass is 289 g/mol. The third-order valence-electron chi connectivity index (χ3n) is 4.15. The molecule has 2 heterocycles. The molecule has 0 saturated carbocycles. The van der Waals surface area contributed by atoms with Crippen molar-refractivity contribution in [2.75, 3.05) is 18.9 Å². The largest absolute Gasteiger partial charge is 0.489 e. The van der Waals surface area contributed by atoms with Gasteiger partial charge in [0.05, 0.1) is 11.6 Å². The van der Waals surface area contributed by atoms with Crippen LogP contribution in [0.4, 0.5) is 5.95 Å². The number of aromatic nitrogens is 2. The summed E-state index contributed by atoms with van der Waals surface area (Å²) in [5.41, 5.74) is 8.06. The Morgan fingerprint density at radius 2 is 2.05 bits per heavy atom. The number of nitrogens with zero attached hydrogens (tertiary/aromatic N) is 2. The SMILES string of the molecule is CC(C)Oc1cccc2c1nc(N)n2C1(C)CCOCC1. The minimum Gasteiger partial charge on any atom is -0.489 e. The summed E-state index contributed by atoms with van der Waals surface area (Å²) in [5.74, 6) is 1.35. The van der Waals surface area contributed by atoms with Crippen LogP contribution in [0, 0.1) is 0 Å². The molecule has 1 fully saturated rings. The van der Waals surface area contributed by atoms with Crippen LogP contribution in [0.25, 0.3) is 11.0 Å². The van der Waals surface area contributed by atoms with Gasteiger partial charge in [-0.25, -0.2) is 4.98 Å². The van der Waals surface area contributed by atoms with Crippen molar-refractivity contribution < 1.29 is 9.47 Å². The molecule has 2 N–H and O–H groups in total. The van der Waals surface area contributed by atoms with Crippen LogP contribution < -0.4 is 10.5 Å². The van der Waals surface area contributed by atoms with Gasteiger partial charge in [-0.3, -0.25) is 0 Å². The Balaban J connectivity index is 2.13. The Morgan fingerprint density at radius 3 is 2.71 bits per heavy atom. The molecule has 1 aliphatic rings. The molecular weight excluding hydrogens is 266 g/mol.